The van der Waals surface area contributed by atoms with E-state index in [1.54, 1.807) is 24.5 Å². The summed E-state index contributed by atoms with van der Waals surface area (Å²) >= 11 is 1.70. The molecule has 1 aliphatic heterocycles. The first-order valence-electron chi connectivity index (χ1n) is 6.73. The lowest BCUT2D eigenvalue weighted by atomic mass is 10.2. The van der Waals surface area contributed by atoms with E-state index < -0.39 is 0 Å². The molecule has 1 N–H and O–H groups in total. The molecule has 1 unspecified atom stereocenters. The Labute approximate surface area is 126 Å². The minimum absolute atomic E-state index is 0.0687. The van der Waals surface area contributed by atoms with Gasteiger partial charge in [0.15, 0.2) is 11.5 Å². The van der Waals surface area contributed by atoms with Crippen LogP contribution in [0.4, 0.5) is 5.82 Å². The summed E-state index contributed by atoms with van der Waals surface area (Å²) in [6.07, 6.45) is 0.0687. The number of rotatable bonds is 3. The number of amides is 1. The average Bonchev–Trinajstić information content (AvgIpc) is 3.09. The number of thiophene rings is 1. The summed E-state index contributed by atoms with van der Waals surface area (Å²) in [5, 5.41) is 12.7. The number of aromatic nitrogens is 2. The highest BCUT2D eigenvalue weighted by Crippen LogP contribution is 2.27. The third-order valence-corrected chi connectivity index (χ3v) is 4.33. The lowest BCUT2D eigenvalue weighted by molar-refractivity contribution is 0.0418. The van der Waals surface area contributed by atoms with Gasteiger partial charge in [0.1, 0.15) is 6.10 Å². The largest absolute Gasteiger partial charge is 0.369 e. The maximum absolute atomic E-state index is 11.5. The van der Waals surface area contributed by atoms with Crippen molar-refractivity contribution in [2.24, 2.45) is 0 Å². The normalized spacial score (nSPS) is 18.5. The van der Waals surface area contributed by atoms with Crippen molar-refractivity contribution in [1.82, 2.24) is 15.5 Å². The third-order valence-electron chi connectivity index (χ3n) is 3.36. The molecule has 0 saturated carbocycles. The Bertz CT molecular complexity index is 600. The standard InChI is InChI=1S/C14H16N4O2S/c1-15-14(19)10-4-5-13(17-16-10)18-6-7-20-11(9-18)12-3-2-8-21-12/h2-5,8,11H,6-7,9H2,1H3,(H,15,19). The number of anilines is 1. The number of nitrogens with one attached hydrogen (secondary N) is 1. The maximum Gasteiger partial charge on any atom is 0.271 e. The monoisotopic (exact) mass is 304 g/mol. The van der Waals surface area contributed by atoms with E-state index in [2.05, 4.69) is 31.9 Å². The summed E-state index contributed by atoms with van der Waals surface area (Å²) in [6.45, 7) is 2.17. The van der Waals surface area contributed by atoms with Crippen molar-refractivity contribution >= 4 is 23.1 Å². The highest BCUT2D eigenvalue weighted by Gasteiger charge is 2.24. The number of carbonyl (C=O) groups is 1. The molecule has 0 radical (unpaired) electrons. The van der Waals surface area contributed by atoms with E-state index in [1.807, 2.05) is 12.1 Å². The number of carbonyl (C=O) groups excluding carboxylic acids is 1. The lowest BCUT2D eigenvalue weighted by Gasteiger charge is -2.33. The van der Waals surface area contributed by atoms with Crippen molar-refractivity contribution in [3.8, 4) is 0 Å². The molecule has 1 saturated heterocycles. The molecule has 2 aromatic rings. The molecule has 21 heavy (non-hydrogen) atoms. The second kappa shape index (κ2) is 6.19. The van der Waals surface area contributed by atoms with Crippen molar-refractivity contribution in [3.63, 3.8) is 0 Å². The fourth-order valence-electron chi connectivity index (χ4n) is 2.25. The van der Waals surface area contributed by atoms with Gasteiger partial charge in [0.2, 0.25) is 0 Å². The van der Waals surface area contributed by atoms with Crippen LogP contribution < -0.4 is 10.2 Å². The van der Waals surface area contributed by atoms with Crippen LogP contribution in [0.1, 0.15) is 21.5 Å². The summed E-state index contributed by atoms with van der Waals surface area (Å²) in [6, 6.07) is 7.63. The minimum Gasteiger partial charge on any atom is -0.369 e. The van der Waals surface area contributed by atoms with Crippen LogP contribution in [0.2, 0.25) is 0 Å². The highest BCUT2D eigenvalue weighted by atomic mass is 32.1. The highest BCUT2D eigenvalue weighted by molar-refractivity contribution is 7.10. The summed E-state index contributed by atoms with van der Waals surface area (Å²) in [4.78, 5) is 14.8. The van der Waals surface area contributed by atoms with Crippen LogP contribution >= 0.6 is 11.3 Å². The summed E-state index contributed by atoms with van der Waals surface area (Å²) in [7, 11) is 1.57. The van der Waals surface area contributed by atoms with E-state index >= 15 is 0 Å². The van der Waals surface area contributed by atoms with Gasteiger partial charge in [-0.2, -0.15) is 0 Å². The average molecular weight is 304 g/mol. The Kier molecular flexibility index (Phi) is 4.12. The van der Waals surface area contributed by atoms with E-state index in [4.69, 9.17) is 4.74 Å². The first-order chi connectivity index (χ1) is 10.3. The molecule has 0 spiro atoms. The van der Waals surface area contributed by atoms with Gasteiger partial charge in [-0.15, -0.1) is 21.5 Å². The SMILES string of the molecule is CNC(=O)c1ccc(N2CCOC(c3cccs3)C2)nn1. The second-order valence-electron chi connectivity index (χ2n) is 4.68. The van der Waals surface area contributed by atoms with E-state index in [1.165, 1.54) is 4.88 Å². The first-order valence-corrected chi connectivity index (χ1v) is 7.61. The Morgan fingerprint density at radius 3 is 3.00 bits per heavy atom. The fraction of sp³-hybridized carbons (Fsp3) is 0.357. The second-order valence-corrected chi connectivity index (χ2v) is 5.66. The van der Waals surface area contributed by atoms with Crippen molar-refractivity contribution < 1.29 is 9.53 Å². The van der Waals surface area contributed by atoms with Crippen LogP contribution in [0.15, 0.2) is 29.6 Å². The fourth-order valence-corrected chi connectivity index (χ4v) is 3.01. The zero-order valence-electron chi connectivity index (χ0n) is 11.7. The maximum atomic E-state index is 11.5. The molecular formula is C14H16N4O2S. The molecule has 3 heterocycles. The van der Waals surface area contributed by atoms with Gasteiger partial charge >= 0.3 is 0 Å². The van der Waals surface area contributed by atoms with Gasteiger partial charge in [0.05, 0.1) is 13.2 Å². The van der Waals surface area contributed by atoms with Crippen LogP contribution in [0, 0.1) is 0 Å². The predicted molar refractivity (Wildman–Crippen MR) is 80.6 cm³/mol. The molecular weight excluding hydrogens is 288 g/mol. The molecule has 110 valence electrons. The van der Waals surface area contributed by atoms with Crippen LogP contribution in [-0.2, 0) is 4.74 Å². The molecule has 1 aliphatic rings. The number of morpholine rings is 1. The van der Waals surface area contributed by atoms with Gasteiger partial charge in [-0.25, -0.2) is 0 Å². The van der Waals surface area contributed by atoms with E-state index in [0.717, 1.165) is 18.9 Å². The molecule has 2 aromatic heterocycles. The van der Waals surface area contributed by atoms with Crippen molar-refractivity contribution in [2.75, 3.05) is 31.6 Å². The summed E-state index contributed by atoms with van der Waals surface area (Å²) in [5.41, 5.74) is 0.323. The van der Waals surface area contributed by atoms with Crippen LogP contribution in [0.25, 0.3) is 0 Å². The Morgan fingerprint density at radius 1 is 1.43 bits per heavy atom. The zero-order chi connectivity index (χ0) is 14.7. The third kappa shape index (κ3) is 3.03. The quantitative estimate of drug-likeness (QED) is 0.930. The van der Waals surface area contributed by atoms with Gasteiger partial charge in [-0.3, -0.25) is 4.79 Å². The molecule has 3 rings (SSSR count). The minimum atomic E-state index is -0.229. The molecule has 0 aromatic carbocycles. The molecule has 0 bridgehead atoms. The van der Waals surface area contributed by atoms with E-state index in [0.29, 0.717) is 12.3 Å². The Hall–Kier alpha value is -1.99. The lowest BCUT2D eigenvalue weighted by Crippen LogP contribution is -2.38. The van der Waals surface area contributed by atoms with Crippen LogP contribution in [-0.4, -0.2) is 42.8 Å². The van der Waals surface area contributed by atoms with E-state index in [9.17, 15) is 4.79 Å². The van der Waals surface area contributed by atoms with Gasteiger partial charge < -0.3 is 15.0 Å². The summed E-state index contributed by atoms with van der Waals surface area (Å²) < 4.78 is 5.81. The number of hydrogen-bond donors (Lipinski definition) is 1. The van der Waals surface area contributed by atoms with Gasteiger partial charge in [0, 0.05) is 18.5 Å². The molecule has 1 amide bonds. The number of ether oxygens (including phenoxy) is 1. The molecule has 1 atom stereocenters. The van der Waals surface area contributed by atoms with Crippen molar-refractivity contribution in [2.45, 2.75) is 6.10 Å². The predicted octanol–water partition coefficient (Wildman–Crippen LogP) is 1.48. The Morgan fingerprint density at radius 2 is 2.33 bits per heavy atom. The molecule has 6 nitrogen and oxygen atoms in total. The van der Waals surface area contributed by atoms with Crippen LogP contribution in [0.5, 0.6) is 0 Å². The van der Waals surface area contributed by atoms with Crippen molar-refractivity contribution in [3.05, 3.63) is 40.2 Å². The van der Waals surface area contributed by atoms with Gasteiger partial charge in [-0.1, -0.05) is 6.07 Å². The number of hydrogen-bond acceptors (Lipinski definition) is 6. The van der Waals surface area contributed by atoms with E-state index in [-0.39, 0.29) is 12.0 Å². The summed E-state index contributed by atoms with van der Waals surface area (Å²) in [5.74, 6) is 0.542. The van der Waals surface area contributed by atoms with Gasteiger partial charge in [-0.05, 0) is 23.6 Å². The molecule has 0 aliphatic carbocycles. The number of nitrogens with zero attached hydrogens (tertiary/aromatic N) is 3. The molecule has 1 fully saturated rings. The zero-order valence-corrected chi connectivity index (χ0v) is 12.5. The Balaban J connectivity index is 1.73. The molecule has 7 heteroatoms. The smallest absolute Gasteiger partial charge is 0.271 e. The van der Waals surface area contributed by atoms with Crippen molar-refractivity contribution in [1.29, 1.82) is 0 Å². The van der Waals surface area contributed by atoms with Crippen LogP contribution in [0.3, 0.4) is 0 Å². The van der Waals surface area contributed by atoms with Gasteiger partial charge in [0.25, 0.3) is 5.91 Å². The first kappa shape index (κ1) is 14.0. The topological polar surface area (TPSA) is 67.4 Å².